The zero-order chi connectivity index (χ0) is 14.8. The van der Waals surface area contributed by atoms with Gasteiger partial charge in [-0.15, -0.1) is 0 Å². The van der Waals surface area contributed by atoms with Crippen molar-refractivity contribution in [3.8, 4) is 5.75 Å². The third-order valence-electron chi connectivity index (χ3n) is 3.48. The first-order chi connectivity index (χ1) is 10.1. The monoisotopic (exact) mass is 325 g/mol. The fourth-order valence-electron chi connectivity index (χ4n) is 2.44. The van der Waals surface area contributed by atoms with Crippen LogP contribution in [-0.4, -0.2) is 13.2 Å². The van der Waals surface area contributed by atoms with Crippen LogP contribution in [0.25, 0.3) is 0 Å². The zero-order valence-electron chi connectivity index (χ0n) is 11.3. The molecule has 0 fully saturated rings. The maximum absolute atomic E-state index is 13.1. The average molecular weight is 326 g/mol. The summed E-state index contributed by atoms with van der Waals surface area (Å²) in [6.45, 7) is 1.43. The fourth-order valence-corrected chi connectivity index (χ4v) is 3.03. The van der Waals surface area contributed by atoms with E-state index in [4.69, 9.17) is 27.9 Å². The minimum absolute atomic E-state index is 0.294. The van der Waals surface area contributed by atoms with E-state index >= 15 is 0 Å². The summed E-state index contributed by atoms with van der Waals surface area (Å²) < 4.78 is 18.6. The van der Waals surface area contributed by atoms with Gasteiger partial charge in [0, 0.05) is 13.0 Å². The molecule has 0 bridgehead atoms. The van der Waals surface area contributed by atoms with Gasteiger partial charge in [0.1, 0.15) is 11.6 Å². The molecule has 0 aromatic heterocycles. The van der Waals surface area contributed by atoms with Gasteiger partial charge in [0.05, 0.1) is 22.3 Å². The lowest BCUT2D eigenvalue weighted by molar-refractivity contribution is 0.357. The number of nitrogens with one attached hydrogen (secondary N) is 1. The Morgan fingerprint density at radius 1 is 1.14 bits per heavy atom. The first-order valence-electron chi connectivity index (χ1n) is 6.76. The van der Waals surface area contributed by atoms with E-state index < -0.39 is 5.82 Å². The topological polar surface area (TPSA) is 21.3 Å². The molecule has 1 heterocycles. The summed E-state index contributed by atoms with van der Waals surface area (Å²) in [7, 11) is 0. The number of benzene rings is 2. The van der Waals surface area contributed by atoms with Gasteiger partial charge in [0.25, 0.3) is 0 Å². The smallest absolute Gasteiger partial charge is 0.126 e. The van der Waals surface area contributed by atoms with Gasteiger partial charge < -0.3 is 10.1 Å². The molecular weight excluding hydrogens is 312 g/mol. The number of rotatable bonds is 4. The van der Waals surface area contributed by atoms with Crippen LogP contribution in [0, 0.1) is 5.82 Å². The molecule has 0 unspecified atom stereocenters. The van der Waals surface area contributed by atoms with Crippen molar-refractivity contribution >= 4 is 28.9 Å². The number of ether oxygens (including phenoxy) is 1. The van der Waals surface area contributed by atoms with Crippen LogP contribution < -0.4 is 10.1 Å². The number of halogens is 3. The summed E-state index contributed by atoms with van der Waals surface area (Å²) in [5.41, 5.74) is 3.05. The summed E-state index contributed by atoms with van der Waals surface area (Å²) in [5.74, 6) is 0.547. The molecule has 0 aliphatic carbocycles. The Bertz CT molecular complexity index is 652. The molecule has 2 aromatic rings. The normalized spacial score (nSPS) is 12.9. The van der Waals surface area contributed by atoms with Crippen LogP contribution in [0.3, 0.4) is 0 Å². The Balaban J connectivity index is 1.64. The Morgan fingerprint density at radius 3 is 2.67 bits per heavy atom. The van der Waals surface area contributed by atoms with Gasteiger partial charge in [-0.2, -0.15) is 0 Å². The minimum atomic E-state index is -0.436. The van der Waals surface area contributed by atoms with Crippen molar-refractivity contribution in [2.24, 2.45) is 0 Å². The van der Waals surface area contributed by atoms with Crippen LogP contribution in [0.1, 0.15) is 11.1 Å². The maximum Gasteiger partial charge on any atom is 0.126 e. The van der Waals surface area contributed by atoms with Crippen LogP contribution >= 0.6 is 23.2 Å². The van der Waals surface area contributed by atoms with Gasteiger partial charge in [0.15, 0.2) is 0 Å². The van der Waals surface area contributed by atoms with Crippen LogP contribution in [-0.2, 0) is 12.8 Å². The summed E-state index contributed by atoms with van der Waals surface area (Å²) in [6, 6.07) is 8.73. The van der Waals surface area contributed by atoms with E-state index in [0.717, 1.165) is 25.2 Å². The summed E-state index contributed by atoms with van der Waals surface area (Å²) in [6.07, 6.45) is 1.80. The highest BCUT2D eigenvalue weighted by molar-refractivity contribution is 6.39. The molecule has 5 heteroatoms. The van der Waals surface area contributed by atoms with Crippen LogP contribution in [0.5, 0.6) is 5.75 Å². The van der Waals surface area contributed by atoms with Gasteiger partial charge in [0.2, 0.25) is 0 Å². The highest BCUT2D eigenvalue weighted by Gasteiger charge is 2.12. The second-order valence-electron chi connectivity index (χ2n) is 4.96. The largest absolute Gasteiger partial charge is 0.493 e. The SMILES string of the molecule is Fc1cc(Cl)c(NCCc2ccc3c(c2)CCO3)c(Cl)c1. The van der Waals surface area contributed by atoms with E-state index in [0.29, 0.717) is 22.3 Å². The molecule has 0 atom stereocenters. The van der Waals surface area contributed by atoms with Crippen molar-refractivity contribution in [1.82, 2.24) is 0 Å². The summed E-state index contributed by atoms with van der Waals surface area (Å²) in [5, 5.41) is 3.75. The zero-order valence-corrected chi connectivity index (χ0v) is 12.8. The van der Waals surface area contributed by atoms with Gasteiger partial charge in [-0.1, -0.05) is 35.3 Å². The second-order valence-corrected chi connectivity index (χ2v) is 5.78. The third kappa shape index (κ3) is 3.25. The molecule has 0 spiro atoms. The first-order valence-corrected chi connectivity index (χ1v) is 7.52. The van der Waals surface area contributed by atoms with E-state index in [1.165, 1.54) is 23.3 Å². The van der Waals surface area contributed by atoms with Gasteiger partial charge in [-0.05, 0) is 35.7 Å². The molecule has 0 amide bonds. The molecule has 2 nitrogen and oxygen atoms in total. The van der Waals surface area contributed by atoms with Gasteiger partial charge >= 0.3 is 0 Å². The Hall–Kier alpha value is -1.45. The Morgan fingerprint density at radius 2 is 1.90 bits per heavy atom. The molecule has 2 aromatic carbocycles. The Kier molecular flexibility index (Phi) is 4.22. The standard InChI is InChI=1S/C16H14Cl2FNO/c17-13-8-12(19)9-14(18)16(13)20-5-3-10-1-2-15-11(7-10)4-6-21-15/h1-2,7-9,20H,3-6H2. The molecule has 1 aliphatic rings. The van der Waals surface area contributed by atoms with Crippen molar-refractivity contribution < 1.29 is 9.13 Å². The van der Waals surface area contributed by atoms with Crippen molar-refractivity contribution in [1.29, 1.82) is 0 Å². The van der Waals surface area contributed by atoms with Crippen LogP contribution in [0.4, 0.5) is 10.1 Å². The summed E-state index contributed by atoms with van der Waals surface area (Å²) >= 11 is 12.0. The van der Waals surface area contributed by atoms with Crippen LogP contribution in [0.2, 0.25) is 10.0 Å². The Labute approximate surface area is 132 Å². The molecule has 1 N–H and O–H groups in total. The molecule has 1 aliphatic heterocycles. The number of fused-ring (bicyclic) bond motifs is 1. The van der Waals surface area contributed by atoms with E-state index in [1.54, 1.807) is 0 Å². The minimum Gasteiger partial charge on any atom is -0.493 e. The first kappa shape index (κ1) is 14.5. The molecule has 3 rings (SSSR count). The van der Waals surface area contributed by atoms with Crippen molar-refractivity contribution in [2.45, 2.75) is 12.8 Å². The van der Waals surface area contributed by atoms with E-state index in [-0.39, 0.29) is 0 Å². The van der Waals surface area contributed by atoms with Crippen molar-refractivity contribution in [2.75, 3.05) is 18.5 Å². The number of anilines is 1. The van der Waals surface area contributed by atoms with Gasteiger partial charge in [-0.25, -0.2) is 4.39 Å². The number of hydrogen-bond acceptors (Lipinski definition) is 2. The van der Waals surface area contributed by atoms with E-state index in [2.05, 4.69) is 17.4 Å². The quantitative estimate of drug-likeness (QED) is 0.878. The maximum atomic E-state index is 13.1. The highest BCUT2D eigenvalue weighted by Crippen LogP contribution is 2.31. The second kappa shape index (κ2) is 6.12. The van der Waals surface area contributed by atoms with Crippen molar-refractivity contribution in [3.05, 3.63) is 57.3 Å². The molecule has 21 heavy (non-hydrogen) atoms. The lowest BCUT2D eigenvalue weighted by atomic mass is 10.1. The van der Waals surface area contributed by atoms with E-state index in [9.17, 15) is 4.39 Å². The number of hydrogen-bond donors (Lipinski definition) is 1. The molecule has 0 radical (unpaired) electrons. The predicted octanol–water partition coefficient (Wildman–Crippen LogP) is 4.72. The fraction of sp³-hybridized carbons (Fsp3) is 0.250. The average Bonchev–Trinajstić information content (AvgIpc) is 2.89. The van der Waals surface area contributed by atoms with E-state index in [1.807, 2.05) is 6.07 Å². The third-order valence-corrected chi connectivity index (χ3v) is 4.07. The van der Waals surface area contributed by atoms with Crippen molar-refractivity contribution in [3.63, 3.8) is 0 Å². The predicted molar refractivity (Wildman–Crippen MR) is 84.3 cm³/mol. The molecule has 0 saturated heterocycles. The lowest BCUT2D eigenvalue weighted by Gasteiger charge is -2.11. The highest BCUT2D eigenvalue weighted by atomic mass is 35.5. The molecule has 110 valence electrons. The molecular formula is C16H14Cl2FNO. The lowest BCUT2D eigenvalue weighted by Crippen LogP contribution is -2.06. The van der Waals surface area contributed by atoms with Gasteiger partial charge in [-0.3, -0.25) is 0 Å². The summed E-state index contributed by atoms with van der Waals surface area (Å²) in [4.78, 5) is 0. The van der Waals surface area contributed by atoms with Crippen LogP contribution in [0.15, 0.2) is 30.3 Å². The molecule has 0 saturated carbocycles.